The van der Waals surface area contributed by atoms with Crippen LogP contribution in [-0.2, 0) is 4.74 Å². The van der Waals surface area contributed by atoms with Gasteiger partial charge in [0.15, 0.2) is 0 Å². The van der Waals surface area contributed by atoms with E-state index in [0.29, 0.717) is 17.3 Å². The number of allylic oxidation sites excluding steroid dienone is 2. The second-order valence-corrected chi connectivity index (χ2v) is 7.37. The van der Waals surface area contributed by atoms with Gasteiger partial charge in [-0.25, -0.2) is 4.79 Å². The fraction of sp³-hybridized carbons (Fsp3) is 0.556. The Morgan fingerprint density at radius 1 is 1.43 bits per heavy atom. The molecule has 2 heterocycles. The number of aromatic amines is 1. The van der Waals surface area contributed by atoms with E-state index in [1.54, 1.807) is 12.1 Å². The topological polar surface area (TPSA) is 62.4 Å². The van der Waals surface area contributed by atoms with Crippen LogP contribution in [0.1, 0.15) is 66.6 Å². The van der Waals surface area contributed by atoms with Gasteiger partial charge in [0, 0.05) is 29.8 Å². The molecule has 0 radical (unpaired) electrons. The van der Waals surface area contributed by atoms with Crippen LogP contribution in [0.3, 0.4) is 0 Å². The molecule has 1 aromatic heterocycles. The van der Waals surface area contributed by atoms with Gasteiger partial charge in [0.25, 0.3) is 0 Å². The largest absolute Gasteiger partial charge is 0.464 e. The first-order valence-corrected chi connectivity index (χ1v) is 8.12. The average Bonchev–Trinajstić information content (AvgIpc) is 3.07. The number of fused-ring (bicyclic) bond motifs is 3. The van der Waals surface area contributed by atoms with Crippen molar-refractivity contribution in [1.82, 2.24) is 9.88 Å². The normalized spacial score (nSPS) is 23.4. The highest BCUT2D eigenvalue weighted by Gasteiger charge is 2.45. The molecular formula is C18H24N2O3. The van der Waals surface area contributed by atoms with Gasteiger partial charge in [-0.1, -0.05) is 13.3 Å². The Kier molecular flexibility index (Phi) is 3.62. The lowest BCUT2D eigenvalue weighted by Gasteiger charge is -2.36. The first-order chi connectivity index (χ1) is 10.8. The number of nitrogens with one attached hydrogen (secondary N) is 1. The maximum atomic E-state index is 12.5. The van der Waals surface area contributed by atoms with Crippen LogP contribution in [0.15, 0.2) is 17.8 Å². The third kappa shape index (κ3) is 2.38. The molecule has 1 N–H and O–H groups in total. The van der Waals surface area contributed by atoms with Gasteiger partial charge in [-0.05, 0) is 38.3 Å². The van der Waals surface area contributed by atoms with E-state index in [1.807, 2.05) is 0 Å². The van der Waals surface area contributed by atoms with Crippen molar-refractivity contribution in [3.63, 3.8) is 0 Å². The molecule has 23 heavy (non-hydrogen) atoms. The van der Waals surface area contributed by atoms with E-state index in [-0.39, 0.29) is 17.2 Å². The maximum Gasteiger partial charge on any atom is 0.354 e. The molecule has 0 bridgehead atoms. The fourth-order valence-electron chi connectivity index (χ4n) is 3.81. The lowest BCUT2D eigenvalue weighted by molar-refractivity contribution is 0.0594. The molecule has 3 rings (SSSR count). The molecule has 5 heteroatoms. The highest BCUT2D eigenvalue weighted by Crippen LogP contribution is 2.48. The monoisotopic (exact) mass is 316 g/mol. The number of likely N-dealkylation sites (tertiary alicyclic amines) is 1. The van der Waals surface area contributed by atoms with Crippen molar-refractivity contribution in [1.29, 1.82) is 0 Å². The van der Waals surface area contributed by atoms with E-state index >= 15 is 0 Å². The molecule has 0 aromatic carbocycles. The third-order valence-corrected chi connectivity index (χ3v) is 4.97. The van der Waals surface area contributed by atoms with Gasteiger partial charge in [0.1, 0.15) is 5.69 Å². The van der Waals surface area contributed by atoms with Gasteiger partial charge >= 0.3 is 5.97 Å². The molecule has 1 saturated heterocycles. The number of hydrogen-bond donors (Lipinski definition) is 1. The number of ketones is 1. The van der Waals surface area contributed by atoms with E-state index in [2.05, 4.69) is 37.6 Å². The number of ether oxygens (including phenoxy) is 1. The van der Waals surface area contributed by atoms with Crippen LogP contribution in [0.25, 0.3) is 0 Å². The number of carbonyl (C=O) groups excluding carboxylic acids is 2. The summed E-state index contributed by atoms with van der Waals surface area (Å²) in [6, 6.07) is 1.80. The molecule has 0 spiro atoms. The zero-order chi connectivity index (χ0) is 16.9. The number of H-pyrrole nitrogens is 1. The molecule has 2 atom stereocenters. The van der Waals surface area contributed by atoms with Crippen molar-refractivity contribution in [3.8, 4) is 0 Å². The SMILES string of the molecule is CCC1CN(C(C)(C)C)C2=CC(=O)c3[nH]c(C(=O)OC)cc3C21. The summed E-state index contributed by atoms with van der Waals surface area (Å²) < 4.78 is 4.78. The molecule has 0 saturated carbocycles. The lowest BCUT2D eigenvalue weighted by Crippen LogP contribution is -2.39. The second-order valence-electron chi connectivity index (χ2n) is 7.37. The summed E-state index contributed by atoms with van der Waals surface area (Å²) in [6.45, 7) is 9.61. The van der Waals surface area contributed by atoms with Gasteiger partial charge in [-0.3, -0.25) is 4.79 Å². The second kappa shape index (κ2) is 5.25. The number of aromatic nitrogens is 1. The Morgan fingerprint density at radius 2 is 2.13 bits per heavy atom. The minimum Gasteiger partial charge on any atom is -0.464 e. The van der Waals surface area contributed by atoms with E-state index < -0.39 is 5.97 Å². The van der Waals surface area contributed by atoms with E-state index in [0.717, 1.165) is 24.2 Å². The van der Waals surface area contributed by atoms with Crippen molar-refractivity contribution >= 4 is 11.8 Å². The van der Waals surface area contributed by atoms with Crippen LogP contribution >= 0.6 is 0 Å². The Labute approximate surface area is 136 Å². The van der Waals surface area contributed by atoms with Crippen LogP contribution in [0.4, 0.5) is 0 Å². The predicted molar refractivity (Wildman–Crippen MR) is 87.5 cm³/mol. The number of esters is 1. The fourth-order valence-corrected chi connectivity index (χ4v) is 3.81. The molecule has 1 aliphatic heterocycles. The summed E-state index contributed by atoms with van der Waals surface area (Å²) in [5.74, 6) is 0.107. The molecular weight excluding hydrogens is 292 g/mol. The van der Waals surface area contributed by atoms with E-state index in [9.17, 15) is 9.59 Å². The van der Waals surface area contributed by atoms with Crippen molar-refractivity contribution in [2.75, 3.05) is 13.7 Å². The van der Waals surface area contributed by atoms with Gasteiger partial charge < -0.3 is 14.6 Å². The zero-order valence-corrected chi connectivity index (χ0v) is 14.4. The van der Waals surface area contributed by atoms with Crippen molar-refractivity contribution in [3.05, 3.63) is 34.8 Å². The maximum absolute atomic E-state index is 12.5. The molecule has 2 aliphatic rings. The smallest absolute Gasteiger partial charge is 0.354 e. The number of carbonyl (C=O) groups is 2. The molecule has 1 aromatic rings. The summed E-state index contributed by atoms with van der Waals surface area (Å²) in [7, 11) is 1.35. The molecule has 124 valence electrons. The summed E-state index contributed by atoms with van der Waals surface area (Å²) in [5, 5.41) is 0. The van der Waals surface area contributed by atoms with E-state index in [4.69, 9.17) is 4.74 Å². The summed E-state index contributed by atoms with van der Waals surface area (Å²) in [6.07, 6.45) is 2.77. The molecule has 1 aliphatic carbocycles. The van der Waals surface area contributed by atoms with Crippen LogP contribution in [0.2, 0.25) is 0 Å². The predicted octanol–water partition coefficient (Wildman–Crippen LogP) is 3.11. The molecule has 1 fully saturated rings. The Bertz CT molecular complexity index is 694. The van der Waals surface area contributed by atoms with Crippen molar-refractivity contribution in [2.24, 2.45) is 5.92 Å². The van der Waals surface area contributed by atoms with Crippen LogP contribution in [-0.4, -0.2) is 40.8 Å². The number of nitrogens with zero attached hydrogens (tertiary/aromatic N) is 1. The van der Waals surface area contributed by atoms with Gasteiger partial charge in [-0.15, -0.1) is 0 Å². The number of rotatable bonds is 2. The molecule has 2 unspecified atom stereocenters. The highest BCUT2D eigenvalue weighted by molar-refractivity contribution is 6.07. The van der Waals surface area contributed by atoms with Crippen LogP contribution in [0, 0.1) is 5.92 Å². The number of hydrogen-bond acceptors (Lipinski definition) is 4. The van der Waals surface area contributed by atoms with Crippen LogP contribution < -0.4 is 0 Å². The van der Waals surface area contributed by atoms with Crippen molar-refractivity contribution < 1.29 is 14.3 Å². The van der Waals surface area contributed by atoms with Gasteiger partial charge in [0.2, 0.25) is 5.78 Å². The zero-order valence-electron chi connectivity index (χ0n) is 14.4. The van der Waals surface area contributed by atoms with Crippen LogP contribution in [0.5, 0.6) is 0 Å². The minimum absolute atomic E-state index is 0.0345. The van der Waals surface area contributed by atoms with Crippen molar-refractivity contribution in [2.45, 2.75) is 45.6 Å². The number of methoxy groups -OCH3 is 1. The Balaban J connectivity index is 2.10. The lowest BCUT2D eigenvalue weighted by atomic mass is 9.81. The Morgan fingerprint density at radius 3 is 2.70 bits per heavy atom. The summed E-state index contributed by atoms with van der Waals surface area (Å²) in [5.41, 5.74) is 2.87. The first-order valence-electron chi connectivity index (χ1n) is 8.12. The molecule has 0 amide bonds. The van der Waals surface area contributed by atoms with E-state index in [1.165, 1.54) is 7.11 Å². The average molecular weight is 316 g/mol. The standard InChI is InChI=1S/C18H24N2O3/c1-6-10-9-20(18(2,3)4)13-8-14(21)16-11(15(10)13)7-12(19-16)17(22)23-5/h7-8,10,15,19H,6,9H2,1-5H3. The summed E-state index contributed by atoms with van der Waals surface area (Å²) >= 11 is 0. The molecule has 5 nitrogen and oxygen atoms in total. The third-order valence-electron chi connectivity index (χ3n) is 4.97. The quantitative estimate of drug-likeness (QED) is 0.852. The van der Waals surface area contributed by atoms with Gasteiger partial charge in [-0.2, -0.15) is 0 Å². The highest BCUT2D eigenvalue weighted by atomic mass is 16.5. The Hall–Kier alpha value is -2.04. The first kappa shape index (κ1) is 15.8. The summed E-state index contributed by atoms with van der Waals surface area (Å²) in [4.78, 5) is 29.6. The van der Waals surface area contributed by atoms with Gasteiger partial charge in [0.05, 0.1) is 12.8 Å². The minimum atomic E-state index is -0.438.